The number of ether oxygens (including phenoxy) is 2. The largest absolute Gasteiger partial charge is 0.480 e. The number of aliphatic carboxylic acids is 1. The zero-order valence-electron chi connectivity index (χ0n) is 16.4. The summed E-state index contributed by atoms with van der Waals surface area (Å²) in [5.41, 5.74) is 3.14. The first-order chi connectivity index (χ1) is 14.1. The first-order valence-electron chi connectivity index (χ1n) is 9.99. The number of carboxylic acid groups (broad SMARTS) is 1. The van der Waals surface area contributed by atoms with E-state index in [0.717, 1.165) is 22.3 Å². The molecule has 2 aromatic rings. The van der Waals surface area contributed by atoms with Crippen molar-refractivity contribution in [2.24, 2.45) is 5.92 Å². The molecule has 1 saturated heterocycles. The van der Waals surface area contributed by atoms with Crippen LogP contribution >= 0.6 is 0 Å². The van der Waals surface area contributed by atoms with Gasteiger partial charge in [0.25, 0.3) is 0 Å². The second-order valence-corrected chi connectivity index (χ2v) is 7.54. The zero-order chi connectivity index (χ0) is 20.4. The van der Waals surface area contributed by atoms with Crippen molar-refractivity contribution in [3.63, 3.8) is 0 Å². The predicted molar refractivity (Wildman–Crippen MR) is 108 cm³/mol. The van der Waals surface area contributed by atoms with Crippen LogP contribution in [0.3, 0.4) is 0 Å². The molecule has 0 aromatic heterocycles. The Morgan fingerprint density at radius 2 is 1.72 bits per heavy atom. The highest BCUT2D eigenvalue weighted by atomic mass is 16.5. The van der Waals surface area contributed by atoms with Crippen LogP contribution in [0.5, 0.6) is 0 Å². The van der Waals surface area contributed by atoms with Crippen LogP contribution < -0.4 is 5.32 Å². The number of esters is 1. The van der Waals surface area contributed by atoms with Gasteiger partial charge in [-0.15, -0.1) is 0 Å². The molecule has 6 nitrogen and oxygen atoms in total. The van der Waals surface area contributed by atoms with Crippen molar-refractivity contribution in [2.45, 2.75) is 24.8 Å². The van der Waals surface area contributed by atoms with Crippen molar-refractivity contribution in [2.75, 3.05) is 26.4 Å². The van der Waals surface area contributed by atoms with Gasteiger partial charge in [0.15, 0.2) is 5.54 Å². The number of carbonyl (C=O) groups is 2. The molecule has 29 heavy (non-hydrogen) atoms. The summed E-state index contributed by atoms with van der Waals surface area (Å²) in [7, 11) is 0. The number of carboxylic acids is 1. The minimum absolute atomic E-state index is 0.0492. The number of nitrogens with one attached hydrogen (secondary N) is 1. The molecular weight excluding hydrogens is 370 g/mol. The average Bonchev–Trinajstić information content (AvgIpc) is 3.31. The lowest BCUT2D eigenvalue weighted by Gasteiger charge is -2.30. The normalized spacial score (nSPS) is 22.9. The molecule has 1 heterocycles. The van der Waals surface area contributed by atoms with E-state index in [0.29, 0.717) is 19.6 Å². The van der Waals surface area contributed by atoms with Gasteiger partial charge in [0, 0.05) is 12.5 Å². The summed E-state index contributed by atoms with van der Waals surface area (Å²) in [4.78, 5) is 24.9. The number of hydrogen-bond donors (Lipinski definition) is 2. The Hall–Kier alpha value is -2.70. The van der Waals surface area contributed by atoms with Gasteiger partial charge >= 0.3 is 11.9 Å². The van der Waals surface area contributed by atoms with E-state index < -0.39 is 23.4 Å². The van der Waals surface area contributed by atoms with E-state index >= 15 is 0 Å². The molecule has 2 aromatic carbocycles. The van der Waals surface area contributed by atoms with Crippen LogP contribution in [0.4, 0.5) is 0 Å². The van der Waals surface area contributed by atoms with Crippen molar-refractivity contribution in [1.29, 1.82) is 0 Å². The molecule has 1 unspecified atom stereocenters. The van der Waals surface area contributed by atoms with Gasteiger partial charge in [-0.05, 0) is 42.1 Å². The van der Waals surface area contributed by atoms with Crippen LogP contribution in [0.15, 0.2) is 48.5 Å². The standard InChI is InChI=1S/C23H25NO5/c1-2-28-14-23(22(26)27)20(11-12-24-23)21(25)29-13-19-17-9-5-3-7-15(17)16-8-4-6-10-18(16)19/h3-10,19-20,24H,2,11-14H2,1H3,(H,26,27)/t20?,23-/m0/s1. The molecule has 2 atom stereocenters. The third-order valence-corrected chi connectivity index (χ3v) is 6.02. The first kappa shape index (κ1) is 19.6. The minimum atomic E-state index is -1.43. The quantitative estimate of drug-likeness (QED) is 0.702. The number of benzene rings is 2. The molecule has 0 radical (unpaired) electrons. The Bertz CT molecular complexity index is 881. The fraction of sp³-hybridized carbons (Fsp3) is 0.391. The highest BCUT2D eigenvalue weighted by molar-refractivity contribution is 5.89. The summed E-state index contributed by atoms with van der Waals surface area (Å²) in [6, 6.07) is 16.2. The topological polar surface area (TPSA) is 84.9 Å². The molecule has 0 amide bonds. The lowest BCUT2D eigenvalue weighted by Crippen LogP contribution is -2.58. The number of hydrogen-bond acceptors (Lipinski definition) is 5. The third kappa shape index (κ3) is 3.32. The van der Waals surface area contributed by atoms with E-state index in [2.05, 4.69) is 29.6 Å². The second kappa shape index (κ2) is 7.97. The molecule has 1 aliphatic carbocycles. The number of carbonyl (C=O) groups excluding carboxylic acids is 1. The van der Waals surface area contributed by atoms with Crippen molar-refractivity contribution in [3.8, 4) is 11.1 Å². The number of rotatable bonds is 7. The third-order valence-electron chi connectivity index (χ3n) is 6.02. The summed E-state index contributed by atoms with van der Waals surface area (Å²) in [5, 5.41) is 12.8. The first-order valence-corrected chi connectivity index (χ1v) is 9.99. The van der Waals surface area contributed by atoms with E-state index in [1.165, 1.54) is 0 Å². The van der Waals surface area contributed by atoms with Gasteiger partial charge in [0.2, 0.25) is 0 Å². The van der Waals surface area contributed by atoms with E-state index in [1.807, 2.05) is 24.3 Å². The van der Waals surface area contributed by atoms with Crippen molar-refractivity contribution in [3.05, 3.63) is 59.7 Å². The van der Waals surface area contributed by atoms with Gasteiger partial charge in [-0.25, -0.2) is 0 Å². The van der Waals surface area contributed by atoms with Crippen molar-refractivity contribution < 1.29 is 24.2 Å². The Balaban J connectivity index is 1.53. The van der Waals surface area contributed by atoms with Crippen LogP contribution in [-0.4, -0.2) is 48.9 Å². The monoisotopic (exact) mass is 395 g/mol. The average molecular weight is 395 g/mol. The van der Waals surface area contributed by atoms with E-state index in [1.54, 1.807) is 6.92 Å². The van der Waals surface area contributed by atoms with E-state index in [4.69, 9.17) is 9.47 Å². The molecule has 2 aliphatic rings. The molecule has 4 rings (SSSR count). The van der Waals surface area contributed by atoms with E-state index in [-0.39, 0.29) is 19.1 Å². The smallest absolute Gasteiger partial charge is 0.327 e. The molecule has 152 valence electrons. The molecule has 1 aliphatic heterocycles. The molecule has 0 spiro atoms. The van der Waals surface area contributed by atoms with Crippen LogP contribution in [0, 0.1) is 5.92 Å². The van der Waals surface area contributed by atoms with Crippen LogP contribution in [0.25, 0.3) is 11.1 Å². The molecule has 0 saturated carbocycles. The highest BCUT2D eigenvalue weighted by Gasteiger charge is 2.54. The molecular formula is C23H25NO5. The Kier molecular flexibility index (Phi) is 5.39. The Morgan fingerprint density at radius 1 is 1.10 bits per heavy atom. The fourth-order valence-electron chi connectivity index (χ4n) is 4.53. The lowest BCUT2D eigenvalue weighted by molar-refractivity contribution is -0.161. The van der Waals surface area contributed by atoms with Gasteiger partial charge in [0.1, 0.15) is 6.61 Å². The summed E-state index contributed by atoms with van der Waals surface area (Å²) in [6.45, 7) is 2.75. The van der Waals surface area contributed by atoms with E-state index in [9.17, 15) is 14.7 Å². The van der Waals surface area contributed by atoms with Crippen LogP contribution in [-0.2, 0) is 19.1 Å². The van der Waals surface area contributed by atoms with Crippen LogP contribution in [0.1, 0.15) is 30.4 Å². The summed E-state index contributed by atoms with van der Waals surface area (Å²) < 4.78 is 11.1. The van der Waals surface area contributed by atoms with Crippen molar-refractivity contribution >= 4 is 11.9 Å². The molecule has 6 heteroatoms. The van der Waals surface area contributed by atoms with Crippen molar-refractivity contribution in [1.82, 2.24) is 5.32 Å². The zero-order valence-corrected chi connectivity index (χ0v) is 16.4. The van der Waals surface area contributed by atoms with Gasteiger partial charge in [-0.2, -0.15) is 0 Å². The second-order valence-electron chi connectivity index (χ2n) is 7.54. The SMILES string of the molecule is CCOC[C@]1(C(=O)O)NCCC1C(=O)OCC1c2ccccc2-c2ccccc21. The Labute approximate surface area is 169 Å². The maximum atomic E-state index is 12.9. The maximum Gasteiger partial charge on any atom is 0.327 e. The highest BCUT2D eigenvalue weighted by Crippen LogP contribution is 2.44. The summed E-state index contributed by atoms with van der Waals surface area (Å²) in [5.74, 6) is -2.40. The molecule has 0 bridgehead atoms. The minimum Gasteiger partial charge on any atom is -0.480 e. The van der Waals surface area contributed by atoms with Gasteiger partial charge < -0.3 is 14.6 Å². The maximum absolute atomic E-state index is 12.9. The predicted octanol–water partition coefficient (Wildman–Crippen LogP) is 2.81. The van der Waals surface area contributed by atoms with Gasteiger partial charge in [0.05, 0.1) is 12.5 Å². The Morgan fingerprint density at radius 3 is 2.31 bits per heavy atom. The van der Waals surface area contributed by atoms with Gasteiger partial charge in [-0.3, -0.25) is 14.9 Å². The lowest BCUT2D eigenvalue weighted by atomic mass is 9.86. The molecule has 1 fully saturated rings. The summed E-state index contributed by atoms with van der Waals surface area (Å²) >= 11 is 0. The van der Waals surface area contributed by atoms with Crippen LogP contribution in [0.2, 0.25) is 0 Å². The molecule has 2 N–H and O–H groups in total. The summed E-state index contributed by atoms with van der Waals surface area (Å²) in [6.07, 6.45) is 0.413. The number of fused-ring (bicyclic) bond motifs is 3. The van der Waals surface area contributed by atoms with Gasteiger partial charge in [-0.1, -0.05) is 48.5 Å². The fourth-order valence-corrected chi connectivity index (χ4v) is 4.53.